The number of likely N-dealkylation sites (N-methyl/N-ethyl adjacent to an activating group) is 1. The van der Waals surface area contributed by atoms with Crippen molar-refractivity contribution in [3.05, 3.63) is 41.4 Å². The van der Waals surface area contributed by atoms with Crippen LogP contribution in [0.5, 0.6) is 11.5 Å². The molecule has 0 atom stereocenters. The van der Waals surface area contributed by atoms with Crippen LogP contribution in [0.25, 0.3) is 10.6 Å². The molecule has 23 heavy (non-hydrogen) atoms. The Bertz CT molecular complexity index is 667. The molecule has 0 saturated heterocycles. The Morgan fingerprint density at radius 3 is 2.70 bits per heavy atom. The molecule has 4 nitrogen and oxygen atoms in total. The van der Waals surface area contributed by atoms with Crippen molar-refractivity contribution in [2.24, 2.45) is 0 Å². The van der Waals surface area contributed by atoms with Gasteiger partial charge in [-0.1, -0.05) is 25.1 Å². The third-order valence-electron chi connectivity index (χ3n) is 3.51. The molecule has 1 aromatic heterocycles. The van der Waals surface area contributed by atoms with Gasteiger partial charge in [-0.2, -0.15) is 0 Å². The number of hydrogen-bond acceptors (Lipinski definition) is 5. The normalized spacial score (nSPS) is 10.8. The summed E-state index contributed by atoms with van der Waals surface area (Å²) < 4.78 is 10.9. The minimum atomic E-state index is 0.721. The molecule has 0 aliphatic heterocycles. The summed E-state index contributed by atoms with van der Waals surface area (Å²) in [5, 5.41) is 3.05. The summed E-state index contributed by atoms with van der Waals surface area (Å²) >= 11 is 1.63. The largest absolute Gasteiger partial charge is 0.493 e. The van der Waals surface area contributed by atoms with Gasteiger partial charge in [0.1, 0.15) is 5.01 Å². The highest BCUT2D eigenvalue weighted by molar-refractivity contribution is 7.13. The van der Waals surface area contributed by atoms with Gasteiger partial charge in [-0.05, 0) is 25.6 Å². The lowest BCUT2D eigenvalue weighted by molar-refractivity contribution is 0.301. The Labute approximate surface area is 142 Å². The highest BCUT2D eigenvalue weighted by atomic mass is 32.1. The Balaban J connectivity index is 2.24. The fourth-order valence-electron chi connectivity index (χ4n) is 2.45. The highest BCUT2D eigenvalue weighted by Gasteiger charge is 2.15. The zero-order valence-corrected chi connectivity index (χ0v) is 15.1. The van der Waals surface area contributed by atoms with E-state index in [0.29, 0.717) is 0 Å². The molecular weight excluding hydrogens is 308 g/mol. The fourth-order valence-corrected chi connectivity index (χ4v) is 3.28. The smallest absolute Gasteiger partial charge is 0.170 e. The van der Waals surface area contributed by atoms with Crippen molar-refractivity contribution < 1.29 is 9.47 Å². The molecule has 0 aliphatic rings. The van der Waals surface area contributed by atoms with Crippen LogP contribution in [0.2, 0.25) is 0 Å². The van der Waals surface area contributed by atoms with Gasteiger partial charge in [-0.15, -0.1) is 11.3 Å². The van der Waals surface area contributed by atoms with E-state index in [1.807, 2.05) is 18.2 Å². The highest BCUT2D eigenvalue weighted by Crippen LogP contribution is 2.39. The van der Waals surface area contributed by atoms with Crippen LogP contribution in [0, 0.1) is 0 Å². The van der Waals surface area contributed by atoms with Crippen LogP contribution in [0.4, 0.5) is 0 Å². The first-order valence-corrected chi connectivity index (χ1v) is 8.49. The Hall–Kier alpha value is -1.85. The molecule has 2 aromatic rings. The van der Waals surface area contributed by atoms with Gasteiger partial charge in [0.05, 0.1) is 25.5 Å². The van der Waals surface area contributed by atoms with E-state index in [1.165, 1.54) is 0 Å². The third-order valence-corrected chi connectivity index (χ3v) is 4.44. The summed E-state index contributed by atoms with van der Waals surface area (Å²) in [7, 11) is 3.30. The van der Waals surface area contributed by atoms with Gasteiger partial charge in [-0.3, -0.25) is 4.90 Å². The maximum atomic E-state index is 5.51. The Morgan fingerprint density at radius 2 is 2.09 bits per heavy atom. The van der Waals surface area contributed by atoms with Gasteiger partial charge >= 0.3 is 0 Å². The number of thiazole rings is 1. The zero-order chi connectivity index (χ0) is 16.8. The predicted octanol–water partition coefficient (Wildman–Crippen LogP) is 4.23. The molecular formula is C18H24N2O2S. The summed E-state index contributed by atoms with van der Waals surface area (Å²) in [5.41, 5.74) is 3.20. The molecule has 5 heteroatoms. The lowest BCUT2D eigenvalue weighted by Gasteiger charge is -2.18. The van der Waals surface area contributed by atoms with Crippen molar-refractivity contribution in [1.82, 2.24) is 9.88 Å². The standard InChI is InChI=1S/C18H24N2O2S/c1-6-20(10-13(2)3)11-14-12-23-18(19-14)15-8-7-9-16(21-4)17(15)22-5/h7-9,12H,2,6,10-11H2,1,3-5H3. The van der Waals surface area contributed by atoms with Gasteiger partial charge < -0.3 is 9.47 Å². The van der Waals surface area contributed by atoms with Crippen molar-refractivity contribution in [3.8, 4) is 22.1 Å². The van der Waals surface area contributed by atoms with Crippen molar-refractivity contribution in [1.29, 1.82) is 0 Å². The first kappa shape index (κ1) is 17.5. The molecule has 0 unspecified atom stereocenters. The average molecular weight is 332 g/mol. The molecule has 0 radical (unpaired) electrons. The zero-order valence-electron chi connectivity index (χ0n) is 14.3. The first-order chi connectivity index (χ1) is 11.1. The van der Waals surface area contributed by atoms with Crippen LogP contribution in [-0.2, 0) is 6.54 Å². The fraction of sp³-hybridized carbons (Fsp3) is 0.389. The summed E-state index contributed by atoms with van der Waals surface area (Å²) in [6.07, 6.45) is 0. The minimum absolute atomic E-state index is 0.721. The van der Waals surface area contributed by atoms with E-state index in [-0.39, 0.29) is 0 Å². The number of para-hydroxylation sites is 1. The topological polar surface area (TPSA) is 34.6 Å². The lowest BCUT2D eigenvalue weighted by Crippen LogP contribution is -2.24. The van der Waals surface area contributed by atoms with E-state index < -0.39 is 0 Å². The van der Waals surface area contributed by atoms with Crippen LogP contribution >= 0.6 is 11.3 Å². The van der Waals surface area contributed by atoms with Gasteiger partial charge in [0.25, 0.3) is 0 Å². The molecule has 0 aliphatic carbocycles. The number of rotatable bonds is 8. The van der Waals surface area contributed by atoms with Crippen LogP contribution in [0.1, 0.15) is 19.5 Å². The van der Waals surface area contributed by atoms with Gasteiger partial charge in [0.2, 0.25) is 0 Å². The summed E-state index contributed by atoms with van der Waals surface area (Å²) in [6, 6.07) is 5.86. The van der Waals surface area contributed by atoms with Crippen molar-refractivity contribution >= 4 is 11.3 Å². The molecule has 0 fully saturated rings. The van der Waals surface area contributed by atoms with Crippen LogP contribution in [0.15, 0.2) is 35.7 Å². The van der Waals surface area contributed by atoms with Crippen LogP contribution in [-0.4, -0.2) is 37.2 Å². The lowest BCUT2D eigenvalue weighted by atomic mass is 10.2. The Morgan fingerprint density at radius 1 is 1.30 bits per heavy atom. The quantitative estimate of drug-likeness (QED) is 0.678. The number of methoxy groups -OCH3 is 2. The molecule has 1 heterocycles. The third kappa shape index (κ3) is 4.33. The second-order valence-corrected chi connectivity index (χ2v) is 6.30. The molecule has 1 aromatic carbocycles. The number of aromatic nitrogens is 1. The summed E-state index contributed by atoms with van der Waals surface area (Å²) in [5.74, 6) is 1.45. The molecule has 124 valence electrons. The maximum Gasteiger partial charge on any atom is 0.170 e. The van der Waals surface area contributed by atoms with Gasteiger partial charge in [-0.25, -0.2) is 4.98 Å². The van der Waals surface area contributed by atoms with Crippen molar-refractivity contribution in [3.63, 3.8) is 0 Å². The summed E-state index contributed by atoms with van der Waals surface area (Å²) in [6.45, 7) is 10.9. The van der Waals surface area contributed by atoms with Crippen molar-refractivity contribution in [2.45, 2.75) is 20.4 Å². The molecule has 2 rings (SSSR count). The van der Waals surface area contributed by atoms with Crippen LogP contribution < -0.4 is 9.47 Å². The second kappa shape index (κ2) is 8.13. The first-order valence-electron chi connectivity index (χ1n) is 7.61. The van der Waals surface area contributed by atoms with Gasteiger partial charge in [0, 0.05) is 18.5 Å². The SMILES string of the molecule is C=C(C)CN(CC)Cc1csc(-c2cccc(OC)c2OC)n1. The van der Waals surface area contributed by atoms with E-state index in [4.69, 9.17) is 14.5 Å². The monoisotopic (exact) mass is 332 g/mol. The molecule has 0 N–H and O–H groups in total. The van der Waals surface area contributed by atoms with E-state index in [1.54, 1.807) is 25.6 Å². The molecule has 0 spiro atoms. The van der Waals surface area contributed by atoms with Crippen LogP contribution in [0.3, 0.4) is 0 Å². The van der Waals surface area contributed by atoms with Crippen molar-refractivity contribution in [2.75, 3.05) is 27.3 Å². The molecule has 0 bridgehead atoms. The number of benzene rings is 1. The van der Waals surface area contributed by atoms with E-state index in [0.717, 1.165) is 53.0 Å². The molecule has 0 saturated carbocycles. The average Bonchev–Trinajstić information content (AvgIpc) is 3.01. The number of hydrogen-bond donors (Lipinski definition) is 0. The number of nitrogens with zero attached hydrogens (tertiary/aromatic N) is 2. The van der Waals surface area contributed by atoms with E-state index in [2.05, 4.69) is 30.7 Å². The Kier molecular flexibility index (Phi) is 6.19. The second-order valence-electron chi connectivity index (χ2n) is 5.45. The van der Waals surface area contributed by atoms with Gasteiger partial charge in [0.15, 0.2) is 11.5 Å². The van der Waals surface area contributed by atoms with E-state index in [9.17, 15) is 0 Å². The summed E-state index contributed by atoms with van der Waals surface area (Å²) in [4.78, 5) is 7.09. The predicted molar refractivity (Wildman–Crippen MR) is 96.4 cm³/mol. The minimum Gasteiger partial charge on any atom is -0.493 e. The van der Waals surface area contributed by atoms with E-state index >= 15 is 0 Å². The molecule has 0 amide bonds. The number of ether oxygens (including phenoxy) is 2. The maximum absolute atomic E-state index is 5.51.